The summed E-state index contributed by atoms with van der Waals surface area (Å²) in [4.78, 5) is 8.99. The summed E-state index contributed by atoms with van der Waals surface area (Å²) in [6.45, 7) is 4.54. The lowest BCUT2D eigenvalue weighted by atomic mass is 9.50. The number of ether oxygens (including phenoxy) is 2. The lowest BCUT2D eigenvalue weighted by Crippen LogP contribution is -2.73. The molecule has 0 radical (unpaired) electrons. The fraction of sp³-hybridized carbons (Fsp3) is 0.500. The molecule has 3 rings (SSSR count). The van der Waals surface area contributed by atoms with Crippen molar-refractivity contribution in [3.8, 4) is 12.1 Å². The molecule has 1 fully saturated rings. The molecular formula is C16H16N4O2. The number of aliphatic imine (C=N–C) groups is 2. The Labute approximate surface area is 129 Å². The Kier molecular flexibility index (Phi) is 3.35. The summed E-state index contributed by atoms with van der Waals surface area (Å²) in [6.07, 6.45) is 6.97. The lowest BCUT2D eigenvalue weighted by molar-refractivity contribution is -0.195. The average molecular weight is 296 g/mol. The molecule has 3 aliphatic rings. The molecule has 0 bridgehead atoms. The van der Waals surface area contributed by atoms with Gasteiger partial charge in [-0.15, -0.1) is 0 Å². The van der Waals surface area contributed by atoms with E-state index in [0.717, 1.165) is 0 Å². The van der Waals surface area contributed by atoms with Gasteiger partial charge in [-0.25, -0.2) is 4.99 Å². The van der Waals surface area contributed by atoms with Crippen molar-refractivity contribution in [2.45, 2.75) is 25.6 Å². The van der Waals surface area contributed by atoms with Gasteiger partial charge in [0.25, 0.3) is 0 Å². The first-order valence-electron chi connectivity index (χ1n) is 7.30. The van der Waals surface area contributed by atoms with Gasteiger partial charge in [-0.2, -0.15) is 10.5 Å². The minimum atomic E-state index is -1.00. The maximum Gasteiger partial charge on any atom is 0.227 e. The number of rotatable bonds is 3. The van der Waals surface area contributed by atoms with Gasteiger partial charge in [0.05, 0.1) is 24.6 Å². The van der Waals surface area contributed by atoms with E-state index in [9.17, 15) is 10.5 Å². The zero-order chi connectivity index (χ0) is 15.8. The minimum Gasteiger partial charge on any atom is -0.477 e. The van der Waals surface area contributed by atoms with E-state index in [1.165, 1.54) is 0 Å². The van der Waals surface area contributed by atoms with Gasteiger partial charge in [0.1, 0.15) is 17.1 Å². The third kappa shape index (κ3) is 1.56. The van der Waals surface area contributed by atoms with Gasteiger partial charge in [-0.3, -0.25) is 4.99 Å². The van der Waals surface area contributed by atoms with Crippen molar-refractivity contribution < 1.29 is 9.47 Å². The Morgan fingerprint density at radius 3 is 2.77 bits per heavy atom. The molecule has 2 heterocycles. The number of fused-ring (bicyclic) bond motifs is 4. The van der Waals surface area contributed by atoms with E-state index in [2.05, 4.69) is 22.1 Å². The van der Waals surface area contributed by atoms with Gasteiger partial charge >= 0.3 is 0 Å². The predicted molar refractivity (Wildman–Crippen MR) is 80.1 cm³/mol. The summed E-state index contributed by atoms with van der Waals surface area (Å²) in [5.74, 6) is 0.0566. The monoisotopic (exact) mass is 296 g/mol. The average Bonchev–Trinajstić information content (AvgIpc) is 2.54. The molecule has 0 spiro atoms. The zero-order valence-corrected chi connectivity index (χ0v) is 12.5. The van der Waals surface area contributed by atoms with Crippen molar-refractivity contribution in [2.24, 2.45) is 21.3 Å². The van der Waals surface area contributed by atoms with Gasteiger partial charge in [0, 0.05) is 12.8 Å². The van der Waals surface area contributed by atoms with Crippen LogP contribution in [0.2, 0.25) is 0 Å². The Morgan fingerprint density at radius 1 is 1.32 bits per heavy atom. The normalized spacial score (nSPS) is 37.6. The maximum absolute atomic E-state index is 9.79. The summed E-state index contributed by atoms with van der Waals surface area (Å²) in [5, 5.41) is 19.1. The molecule has 1 saturated carbocycles. The Bertz CT molecular complexity index is 694. The molecule has 6 nitrogen and oxygen atoms in total. The number of hydrogen-bond acceptors (Lipinski definition) is 6. The van der Waals surface area contributed by atoms with Crippen LogP contribution in [-0.2, 0) is 9.47 Å². The van der Waals surface area contributed by atoms with Crippen molar-refractivity contribution in [2.75, 3.05) is 13.2 Å². The fourth-order valence-electron chi connectivity index (χ4n) is 3.47. The first-order chi connectivity index (χ1) is 10.7. The highest BCUT2D eigenvalue weighted by atomic mass is 16.5. The third-order valence-electron chi connectivity index (χ3n) is 4.35. The van der Waals surface area contributed by atoms with Crippen molar-refractivity contribution in [3.63, 3.8) is 0 Å². The highest BCUT2D eigenvalue weighted by molar-refractivity contribution is 5.98. The van der Waals surface area contributed by atoms with Crippen LogP contribution < -0.4 is 0 Å². The van der Waals surface area contributed by atoms with Crippen LogP contribution >= 0.6 is 0 Å². The second kappa shape index (κ2) is 5.08. The molecule has 112 valence electrons. The van der Waals surface area contributed by atoms with Crippen LogP contribution in [0.1, 0.15) is 13.8 Å². The van der Waals surface area contributed by atoms with Crippen LogP contribution in [0.3, 0.4) is 0 Å². The van der Waals surface area contributed by atoms with E-state index in [1.807, 2.05) is 13.8 Å². The zero-order valence-electron chi connectivity index (χ0n) is 12.5. The van der Waals surface area contributed by atoms with E-state index in [0.29, 0.717) is 24.7 Å². The van der Waals surface area contributed by atoms with Gasteiger partial charge < -0.3 is 9.47 Å². The molecule has 0 aromatic carbocycles. The van der Waals surface area contributed by atoms with Crippen molar-refractivity contribution >= 4 is 12.1 Å². The van der Waals surface area contributed by atoms with Gasteiger partial charge in [-0.1, -0.05) is 12.2 Å². The first-order valence-corrected chi connectivity index (χ1v) is 7.30. The van der Waals surface area contributed by atoms with Crippen LogP contribution in [0.4, 0.5) is 0 Å². The van der Waals surface area contributed by atoms with Gasteiger partial charge in [-0.05, 0) is 19.9 Å². The smallest absolute Gasteiger partial charge is 0.227 e. The largest absolute Gasteiger partial charge is 0.477 e. The number of dihydropyridines is 2. The number of nitriles is 2. The molecule has 6 heteroatoms. The van der Waals surface area contributed by atoms with E-state index < -0.39 is 11.1 Å². The highest BCUT2D eigenvalue weighted by Crippen LogP contribution is 2.62. The van der Waals surface area contributed by atoms with E-state index in [4.69, 9.17) is 9.47 Å². The molecule has 1 aliphatic carbocycles. The standard InChI is InChI=1S/C16H16N4O2/c1-3-21-14-11(9-17)8-12-13(20-14)15(10-18)6-5-7-19-16(12,15)22-4-2/h5-8,12-13H,3-4H2,1-2H3/t12-,13+,15-,16+/m1/s1. The van der Waals surface area contributed by atoms with Gasteiger partial charge in [0.2, 0.25) is 5.90 Å². The van der Waals surface area contributed by atoms with E-state index in [-0.39, 0.29) is 12.0 Å². The third-order valence-corrected chi connectivity index (χ3v) is 4.35. The number of allylic oxidation sites excluding steroid dienone is 1. The Hall–Kier alpha value is -2.44. The Balaban J connectivity index is 2.10. The molecule has 22 heavy (non-hydrogen) atoms. The second-order valence-corrected chi connectivity index (χ2v) is 5.28. The topological polar surface area (TPSA) is 90.8 Å². The van der Waals surface area contributed by atoms with Crippen LogP contribution in [0.5, 0.6) is 0 Å². The molecule has 0 N–H and O–H groups in total. The molecule has 0 saturated heterocycles. The summed E-state index contributed by atoms with van der Waals surface area (Å²) < 4.78 is 11.3. The fourth-order valence-corrected chi connectivity index (χ4v) is 3.47. The van der Waals surface area contributed by atoms with Crippen molar-refractivity contribution in [3.05, 3.63) is 23.8 Å². The second-order valence-electron chi connectivity index (χ2n) is 5.28. The number of nitrogens with zero attached hydrogens (tertiary/aromatic N) is 4. The molecule has 0 unspecified atom stereocenters. The van der Waals surface area contributed by atoms with Crippen LogP contribution in [0.15, 0.2) is 33.8 Å². The number of hydrogen-bond donors (Lipinski definition) is 0. The molecule has 4 atom stereocenters. The molecule has 2 aliphatic heterocycles. The van der Waals surface area contributed by atoms with Crippen LogP contribution in [0.25, 0.3) is 0 Å². The van der Waals surface area contributed by atoms with E-state index >= 15 is 0 Å². The summed E-state index contributed by atoms with van der Waals surface area (Å²) in [6, 6.07) is 4.09. The summed E-state index contributed by atoms with van der Waals surface area (Å²) in [7, 11) is 0. The highest BCUT2D eigenvalue weighted by Gasteiger charge is 2.74. The molecule has 0 aromatic heterocycles. The van der Waals surface area contributed by atoms with Crippen LogP contribution in [0, 0.1) is 34.0 Å². The van der Waals surface area contributed by atoms with Crippen LogP contribution in [-0.4, -0.2) is 37.1 Å². The predicted octanol–water partition coefficient (Wildman–Crippen LogP) is 1.77. The first kappa shape index (κ1) is 14.5. The molecule has 0 aromatic rings. The summed E-state index contributed by atoms with van der Waals surface area (Å²) >= 11 is 0. The van der Waals surface area contributed by atoms with E-state index in [1.54, 1.807) is 24.4 Å². The maximum atomic E-state index is 9.79. The Morgan fingerprint density at radius 2 is 2.14 bits per heavy atom. The quantitative estimate of drug-likeness (QED) is 0.793. The van der Waals surface area contributed by atoms with Gasteiger partial charge in [0.15, 0.2) is 5.72 Å². The van der Waals surface area contributed by atoms with Crippen molar-refractivity contribution in [1.29, 1.82) is 10.5 Å². The minimum absolute atomic E-state index is 0.243. The summed E-state index contributed by atoms with van der Waals surface area (Å²) in [5.41, 5.74) is -1.58. The SMILES string of the molecule is CCOC1=N[C@H]2[C@@H](C=C1C#N)[C@@]1(OCC)N=CC=C[C@@]21C#N. The van der Waals surface area contributed by atoms with Crippen molar-refractivity contribution in [1.82, 2.24) is 0 Å². The molecular weight excluding hydrogens is 280 g/mol. The lowest BCUT2D eigenvalue weighted by Gasteiger charge is -2.61. The molecule has 0 amide bonds.